The van der Waals surface area contributed by atoms with Gasteiger partial charge in [-0.05, 0) is 6.42 Å². The van der Waals surface area contributed by atoms with E-state index in [-0.39, 0.29) is 5.97 Å². The largest absolute Gasteiger partial charge is 0.468 e. The first kappa shape index (κ1) is 7.98. The SMILES string of the molecule is COC(=O)C12CCN1C[C@@H](F)C2. The monoisotopic (exact) mass is 173 g/mol. The molecule has 12 heavy (non-hydrogen) atoms. The average molecular weight is 173 g/mol. The molecule has 3 nitrogen and oxygen atoms in total. The van der Waals surface area contributed by atoms with E-state index in [1.807, 2.05) is 4.90 Å². The van der Waals surface area contributed by atoms with Crippen molar-refractivity contribution in [1.82, 2.24) is 4.90 Å². The van der Waals surface area contributed by atoms with Crippen molar-refractivity contribution in [1.29, 1.82) is 0 Å². The van der Waals surface area contributed by atoms with E-state index < -0.39 is 11.7 Å². The van der Waals surface area contributed by atoms with Crippen molar-refractivity contribution in [2.24, 2.45) is 0 Å². The van der Waals surface area contributed by atoms with Crippen LogP contribution in [0.4, 0.5) is 4.39 Å². The van der Waals surface area contributed by atoms with Gasteiger partial charge in [0.1, 0.15) is 11.7 Å². The molecule has 0 aromatic heterocycles. The van der Waals surface area contributed by atoms with Crippen molar-refractivity contribution in [2.75, 3.05) is 20.2 Å². The van der Waals surface area contributed by atoms with E-state index >= 15 is 0 Å². The van der Waals surface area contributed by atoms with Crippen LogP contribution in [-0.2, 0) is 9.53 Å². The quantitative estimate of drug-likeness (QED) is 0.536. The van der Waals surface area contributed by atoms with Crippen molar-refractivity contribution in [2.45, 2.75) is 24.6 Å². The molecule has 0 aromatic rings. The van der Waals surface area contributed by atoms with Crippen LogP contribution < -0.4 is 0 Å². The molecule has 0 saturated carbocycles. The lowest BCUT2D eigenvalue weighted by atomic mass is 9.85. The highest BCUT2D eigenvalue weighted by molar-refractivity contribution is 5.82. The molecule has 0 bridgehead atoms. The lowest BCUT2D eigenvalue weighted by Crippen LogP contribution is -2.61. The van der Waals surface area contributed by atoms with Crippen LogP contribution in [-0.4, -0.2) is 42.8 Å². The normalized spacial score (nSPS) is 40.3. The maximum atomic E-state index is 13.0. The molecule has 1 unspecified atom stereocenters. The lowest BCUT2D eigenvalue weighted by Gasteiger charge is -2.44. The second-order valence-electron chi connectivity index (χ2n) is 3.52. The number of carbonyl (C=O) groups excluding carboxylic acids is 1. The molecule has 2 heterocycles. The fourth-order valence-electron chi connectivity index (χ4n) is 2.21. The third kappa shape index (κ3) is 0.813. The number of fused-ring (bicyclic) bond motifs is 1. The third-order valence-corrected chi connectivity index (χ3v) is 2.94. The highest BCUT2D eigenvalue weighted by atomic mass is 19.1. The Hall–Kier alpha value is -0.640. The van der Waals surface area contributed by atoms with Crippen LogP contribution in [0.5, 0.6) is 0 Å². The van der Waals surface area contributed by atoms with Gasteiger partial charge in [-0.1, -0.05) is 0 Å². The minimum atomic E-state index is -0.855. The molecule has 2 fully saturated rings. The number of hydrogen-bond acceptors (Lipinski definition) is 3. The molecule has 0 N–H and O–H groups in total. The van der Waals surface area contributed by atoms with Crippen LogP contribution in [0.25, 0.3) is 0 Å². The van der Waals surface area contributed by atoms with Crippen molar-refractivity contribution >= 4 is 5.97 Å². The molecule has 2 saturated heterocycles. The highest BCUT2D eigenvalue weighted by Crippen LogP contribution is 2.42. The van der Waals surface area contributed by atoms with E-state index in [0.29, 0.717) is 13.0 Å². The zero-order valence-electron chi connectivity index (χ0n) is 7.05. The Labute approximate surface area is 70.5 Å². The Morgan fingerprint density at radius 3 is 2.92 bits per heavy atom. The van der Waals surface area contributed by atoms with Crippen LogP contribution in [0.2, 0.25) is 0 Å². The summed E-state index contributed by atoms with van der Waals surface area (Å²) in [6, 6.07) is 0. The summed E-state index contributed by atoms with van der Waals surface area (Å²) in [5.74, 6) is -0.270. The third-order valence-electron chi connectivity index (χ3n) is 2.94. The molecule has 68 valence electrons. The molecule has 2 atom stereocenters. The maximum Gasteiger partial charge on any atom is 0.326 e. The van der Waals surface area contributed by atoms with Crippen molar-refractivity contribution in [3.8, 4) is 0 Å². The predicted octanol–water partition coefficient (Wildman–Crippen LogP) is 0.346. The van der Waals surface area contributed by atoms with Gasteiger partial charge in [-0.3, -0.25) is 9.69 Å². The number of alkyl halides is 1. The van der Waals surface area contributed by atoms with E-state index in [4.69, 9.17) is 0 Å². The first-order valence-electron chi connectivity index (χ1n) is 4.16. The average Bonchev–Trinajstić information content (AvgIpc) is 2.26. The van der Waals surface area contributed by atoms with Gasteiger partial charge in [-0.15, -0.1) is 0 Å². The summed E-state index contributed by atoms with van der Waals surface area (Å²) < 4.78 is 17.6. The van der Waals surface area contributed by atoms with Gasteiger partial charge in [-0.2, -0.15) is 0 Å². The standard InChI is InChI=1S/C8H12FNO2/c1-12-7(11)8-2-3-10(8)5-6(9)4-8/h6H,2-5H2,1H3/t6-,8?/m0/s1. The summed E-state index contributed by atoms with van der Waals surface area (Å²) in [5, 5.41) is 0. The summed E-state index contributed by atoms with van der Waals surface area (Å²) in [6.07, 6.45) is 0.214. The van der Waals surface area contributed by atoms with Crippen molar-refractivity contribution in [3.63, 3.8) is 0 Å². The zero-order valence-corrected chi connectivity index (χ0v) is 7.05. The van der Waals surface area contributed by atoms with Crippen LogP contribution >= 0.6 is 0 Å². The Balaban J connectivity index is 2.16. The fraction of sp³-hybridized carbons (Fsp3) is 0.875. The molecule has 4 heteroatoms. The summed E-state index contributed by atoms with van der Waals surface area (Å²) in [5.41, 5.74) is -0.589. The lowest BCUT2D eigenvalue weighted by molar-refractivity contribution is -0.161. The molecule has 0 spiro atoms. The summed E-state index contributed by atoms with van der Waals surface area (Å²) in [7, 11) is 1.36. The van der Waals surface area contributed by atoms with E-state index in [0.717, 1.165) is 13.0 Å². The Morgan fingerprint density at radius 2 is 2.50 bits per heavy atom. The molecule has 2 rings (SSSR count). The van der Waals surface area contributed by atoms with Gasteiger partial charge in [-0.25, -0.2) is 4.39 Å². The van der Waals surface area contributed by atoms with Crippen molar-refractivity contribution < 1.29 is 13.9 Å². The number of nitrogens with zero attached hydrogens (tertiary/aromatic N) is 1. The molecular formula is C8H12FNO2. The number of halogens is 1. The molecule has 2 aliphatic rings. The highest BCUT2D eigenvalue weighted by Gasteiger charge is 2.58. The van der Waals surface area contributed by atoms with E-state index in [2.05, 4.69) is 4.74 Å². The first-order valence-corrected chi connectivity index (χ1v) is 4.16. The van der Waals surface area contributed by atoms with Crippen LogP contribution in [0.15, 0.2) is 0 Å². The van der Waals surface area contributed by atoms with Crippen molar-refractivity contribution in [3.05, 3.63) is 0 Å². The first-order chi connectivity index (χ1) is 5.69. The number of carbonyl (C=O) groups is 1. The minimum Gasteiger partial charge on any atom is -0.468 e. The van der Waals surface area contributed by atoms with E-state index in [1.165, 1.54) is 7.11 Å². The number of ether oxygens (including phenoxy) is 1. The Morgan fingerprint density at radius 1 is 1.75 bits per heavy atom. The fourth-order valence-corrected chi connectivity index (χ4v) is 2.21. The minimum absolute atomic E-state index is 0.270. The maximum absolute atomic E-state index is 13.0. The van der Waals surface area contributed by atoms with Gasteiger partial charge >= 0.3 is 5.97 Å². The number of methoxy groups -OCH3 is 1. The number of rotatable bonds is 1. The summed E-state index contributed by atoms with van der Waals surface area (Å²) >= 11 is 0. The van der Waals surface area contributed by atoms with Gasteiger partial charge in [0.25, 0.3) is 0 Å². The topological polar surface area (TPSA) is 29.5 Å². The molecule has 0 aromatic carbocycles. The molecule has 0 amide bonds. The van der Waals surface area contributed by atoms with Gasteiger partial charge in [0.15, 0.2) is 0 Å². The van der Waals surface area contributed by atoms with E-state index in [1.54, 1.807) is 0 Å². The van der Waals surface area contributed by atoms with Gasteiger partial charge in [0, 0.05) is 19.5 Å². The van der Waals surface area contributed by atoms with Crippen LogP contribution in [0.3, 0.4) is 0 Å². The molecule has 0 aliphatic carbocycles. The Bertz CT molecular complexity index is 221. The van der Waals surface area contributed by atoms with Gasteiger partial charge in [0.05, 0.1) is 7.11 Å². The second kappa shape index (κ2) is 2.42. The van der Waals surface area contributed by atoms with Crippen LogP contribution in [0.1, 0.15) is 12.8 Å². The number of esters is 1. The molecular weight excluding hydrogens is 161 g/mol. The van der Waals surface area contributed by atoms with Gasteiger partial charge in [0.2, 0.25) is 0 Å². The zero-order chi connectivity index (χ0) is 8.77. The smallest absolute Gasteiger partial charge is 0.326 e. The summed E-state index contributed by atoms with van der Waals surface area (Å²) in [6.45, 7) is 1.23. The second-order valence-corrected chi connectivity index (χ2v) is 3.52. The van der Waals surface area contributed by atoms with Gasteiger partial charge < -0.3 is 4.74 Å². The Kier molecular flexibility index (Phi) is 1.61. The molecule has 2 aliphatic heterocycles. The van der Waals surface area contributed by atoms with Crippen LogP contribution in [0, 0.1) is 0 Å². The predicted molar refractivity (Wildman–Crippen MR) is 40.5 cm³/mol. The molecule has 0 radical (unpaired) electrons. The summed E-state index contributed by atoms with van der Waals surface area (Å²) in [4.78, 5) is 13.2. The number of hydrogen-bond donors (Lipinski definition) is 0. The van der Waals surface area contributed by atoms with E-state index in [9.17, 15) is 9.18 Å².